The second-order valence-corrected chi connectivity index (χ2v) is 7.60. The molecule has 6 heteroatoms. The number of aromatic nitrogens is 4. The van der Waals surface area contributed by atoms with Crippen LogP contribution in [0, 0.1) is 0 Å². The molecule has 0 spiro atoms. The number of hydrogen-bond acceptors (Lipinski definition) is 4. The molecule has 5 aromatic rings. The molecule has 0 bridgehead atoms. The summed E-state index contributed by atoms with van der Waals surface area (Å²) in [6, 6.07) is 22.2. The average molecular weight is 412 g/mol. The molecule has 1 atom stereocenters. The lowest BCUT2D eigenvalue weighted by atomic mass is 10.1. The maximum atomic E-state index is 5.45. The third-order valence-electron chi connectivity index (χ3n) is 5.63. The zero-order chi connectivity index (χ0) is 21.4. The highest BCUT2D eigenvalue weighted by Crippen LogP contribution is 2.29. The van der Waals surface area contributed by atoms with Crippen molar-refractivity contribution in [3.8, 4) is 11.5 Å². The van der Waals surface area contributed by atoms with Gasteiger partial charge in [-0.25, -0.2) is 9.97 Å². The van der Waals surface area contributed by atoms with Crippen LogP contribution in [0.4, 0.5) is 0 Å². The molecule has 2 aromatic heterocycles. The van der Waals surface area contributed by atoms with Crippen LogP contribution in [0.25, 0.3) is 22.1 Å². The van der Waals surface area contributed by atoms with Gasteiger partial charge in [0.15, 0.2) is 0 Å². The molecule has 3 aromatic carbocycles. The monoisotopic (exact) mass is 412 g/mol. The summed E-state index contributed by atoms with van der Waals surface area (Å²) in [7, 11) is 3.33. The van der Waals surface area contributed by atoms with Crippen molar-refractivity contribution >= 4 is 22.1 Å². The lowest BCUT2D eigenvalue weighted by molar-refractivity contribution is 0.393. The maximum Gasteiger partial charge on any atom is 0.130 e. The summed E-state index contributed by atoms with van der Waals surface area (Å²) in [5.74, 6) is 3.41. The molecule has 0 aliphatic rings. The molecule has 0 aliphatic heterocycles. The number of imidazole rings is 2. The van der Waals surface area contributed by atoms with Crippen LogP contribution in [0.15, 0.2) is 66.7 Å². The zero-order valence-corrected chi connectivity index (χ0v) is 17.8. The van der Waals surface area contributed by atoms with E-state index in [-0.39, 0.29) is 6.04 Å². The number of nitrogens with one attached hydrogen (secondary N) is 1. The van der Waals surface area contributed by atoms with E-state index in [9.17, 15) is 0 Å². The van der Waals surface area contributed by atoms with Gasteiger partial charge < -0.3 is 19.0 Å². The highest BCUT2D eigenvalue weighted by molar-refractivity contribution is 5.77. The van der Waals surface area contributed by atoms with Crippen LogP contribution in [0.2, 0.25) is 0 Å². The van der Waals surface area contributed by atoms with Crippen LogP contribution in [0.1, 0.15) is 30.2 Å². The maximum absolute atomic E-state index is 5.45. The van der Waals surface area contributed by atoms with E-state index in [0.717, 1.165) is 50.8 Å². The first-order chi connectivity index (χ1) is 15.2. The van der Waals surface area contributed by atoms with Gasteiger partial charge in [-0.3, -0.25) is 0 Å². The van der Waals surface area contributed by atoms with Crippen LogP contribution in [-0.4, -0.2) is 33.7 Å². The smallest absolute Gasteiger partial charge is 0.130 e. The Hall–Kier alpha value is -3.80. The Labute approximate surface area is 180 Å². The van der Waals surface area contributed by atoms with Crippen LogP contribution >= 0.6 is 0 Å². The van der Waals surface area contributed by atoms with E-state index in [2.05, 4.69) is 22.5 Å². The lowest BCUT2D eigenvalue weighted by Crippen LogP contribution is -2.12. The molecular weight excluding hydrogens is 388 g/mol. The van der Waals surface area contributed by atoms with Gasteiger partial charge >= 0.3 is 0 Å². The number of rotatable bonds is 6. The molecule has 2 heterocycles. The van der Waals surface area contributed by atoms with Crippen molar-refractivity contribution in [3.63, 3.8) is 0 Å². The van der Waals surface area contributed by atoms with Gasteiger partial charge in [0.25, 0.3) is 0 Å². The molecule has 6 nitrogen and oxygen atoms in total. The van der Waals surface area contributed by atoms with E-state index >= 15 is 0 Å². The molecule has 1 unspecified atom stereocenters. The van der Waals surface area contributed by atoms with E-state index in [4.69, 9.17) is 19.4 Å². The summed E-state index contributed by atoms with van der Waals surface area (Å²) < 4.78 is 13.2. The van der Waals surface area contributed by atoms with Crippen LogP contribution in [-0.2, 0) is 6.42 Å². The Balaban J connectivity index is 1.62. The second-order valence-electron chi connectivity index (χ2n) is 7.60. The predicted molar refractivity (Wildman–Crippen MR) is 122 cm³/mol. The van der Waals surface area contributed by atoms with Crippen LogP contribution in [0.5, 0.6) is 11.5 Å². The van der Waals surface area contributed by atoms with Crippen molar-refractivity contribution in [3.05, 3.63) is 83.9 Å². The van der Waals surface area contributed by atoms with Gasteiger partial charge in [0, 0.05) is 12.5 Å². The molecule has 5 rings (SSSR count). The number of H-pyrrole nitrogens is 1. The van der Waals surface area contributed by atoms with E-state index < -0.39 is 0 Å². The van der Waals surface area contributed by atoms with Crippen molar-refractivity contribution in [2.75, 3.05) is 14.2 Å². The highest BCUT2D eigenvalue weighted by atomic mass is 16.5. The van der Waals surface area contributed by atoms with Crippen LogP contribution < -0.4 is 9.47 Å². The van der Waals surface area contributed by atoms with Crippen molar-refractivity contribution < 1.29 is 9.47 Å². The van der Waals surface area contributed by atoms with Gasteiger partial charge in [-0.05, 0) is 48.9 Å². The van der Waals surface area contributed by atoms with E-state index in [1.54, 1.807) is 14.2 Å². The number of fused-ring (bicyclic) bond motifs is 2. The minimum absolute atomic E-state index is 0.0118. The standard InChI is InChI=1S/C25H24N4O2/c1-16(25-27-20-8-4-5-9-21(20)28-25)29-23-11-7-6-10-22(23)26-24(29)14-17-12-18(30-2)15-19(13-17)31-3/h4-13,15-16H,14H2,1-3H3,(H,27,28). The molecular formula is C25H24N4O2. The Bertz CT molecular complexity index is 1310. The first-order valence-corrected chi connectivity index (χ1v) is 10.3. The van der Waals surface area contributed by atoms with Gasteiger partial charge in [0.2, 0.25) is 0 Å². The molecule has 0 amide bonds. The Morgan fingerprint density at radius 1 is 0.871 bits per heavy atom. The molecule has 31 heavy (non-hydrogen) atoms. The fraction of sp³-hybridized carbons (Fsp3) is 0.200. The van der Waals surface area contributed by atoms with Crippen molar-refractivity contribution in [2.24, 2.45) is 0 Å². The van der Waals surface area contributed by atoms with Crippen molar-refractivity contribution in [1.82, 2.24) is 19.5 Å². The highest BCUT2D eigenvalue weighted by Gasteiger charge is 2.20. The minimum atomic E-state index is -0.0118. The third-order valence-corrected chi connectivity index (χ3v) is 5.63. The van der Waals surface area contributed by atoms with E-state index in [0.29, 0.717) is 6.42 Å². The van der Waals surface area contributed by atoms with Gasteiger partial charge in [-0.15, -0.1) is 0 Å². The lowest BCUT2D eigenvalue weighted by Gasteiger charge is -2.16. The quantitative estimate of drug-likeness (QED) is 0.420. The predicted octanol–water partition coefficient (Wildman–Crippen LogP) is 5.13. The summed E-state index contributed by atoms with van der Waals surface area (Å²) >= 11 is 0. The summed E-state index contributed by atoms with van der Waals surface area (Å²) in [6.07, 6.45) is 0.646. The Morgan fingerprint density at radius 3 is 2.26 bits per heavy atom. The first kappa shape index (κ1) is 19.2. The number of ether oxygens (including phenoxy) is 2. The van der Waals surface area contributed by atoms with Crippen LogP contribution in [0.3, 0.4) is 0 Å². The van der Waals surface area contributed by atoms with Crippen molar-refractivity contribution in [2.45, 2.75) is 19.4 Å². The number of benzene rings is 3. The zero-order valence-electron chi connectivity index (χ0n) is 17.8. The second kappa shape index (κ2) is 7.80. The van der Waals surface area contributed by atoms with E-state index in [1.807, 2.05) is 60.7 Å². The van der Waals surface area contributed by atoms with Crippen molar-refractivity contribution in [1.29, 1.82) is 0 Å². The Morgan fingerprint density at radius 2 is 1.55 bits per heavy atom. The first-order valence-electron chi connectivity index (χ1n) is 10.3. The number of nitrogens with zero attached hydrogens (tertiary/aromatic N) is 3. The molecule has 1 N–H and O–H groups in total. The number of methoxy groups -OCH3 is 2. The summed E-state index contributed by atoms with van der Waals surface area (Å²) in [5, 5.41) is 0. The fourth-order valence-electron chi connectivity index (χ4n) is 4.09. The molecule has 0 saturated heterocycles. The van der Waals surface area contributed by atoms with Gasteiger partial charge in [0.1, 0.15) is 23.1 Å². The topological polar surface area (TPSA) is 65.0 Å². The number of aromatic amines is 1. The summed E-state index contributed by atoms with van der Waals surface area (Å²) in [6.45, 7) is 2.15. The van der Waals surface area contributed by atoms with Gasteiger partial charge in [-0.2, -0.15) is 0 Å². The van der Waals surface area contributed by atoms with Gasteiger partial charge in [-0.1, -0.05) is 24.3 Å². The molecule has 156 valence electrons. The molecule has 0 saturated carbocycles. The summed E-state index contributed by atoms with van der Waals surface area (Å²) in [5.41, 5.74) is 5.13. The van der Waals surface area contributed by atoms with E-state index in [1.165, 1.54) is 0 Å². The number of para-hydroxylation sites is 4. The molecule has 0 radical (unpaired) electrons. The summed E-state index contributed by atoms with van der Waals surface area (Å²) in [4.78, 5) is 13.3. The average Bonchev–Trinajstić information content (AvgIpc) is 3.39. The normalized spacial score (nSPS) is 12.4. The molecule has 0 aliphatic carbocycles. The largest absolute Gasteiger partial charge is 0.497 e. The Kier molecular flexibility index (Phi) is 4.82. The van der Waals surface area contributed by atoms with Gasteiger partial charge in [0.05, 0.1) is 42.3 Å². The molecule has 0 fully saturated rings. The number of hydrogen-bond donors (Lipinski definition) is 1. The SMILES string of the molecule is COc1cc(Cc2nc3ccccc3n2C(C)c2nc3ccccc3[nH]2)cc(OC)c1. The minimum Gasteiger partial charge on any atom is -0.497 e. The third kappa shape index (κ3) is 3.50. The fourth-order valence-corrected chi connectivity index (χ4v) is 4.09.